The molecule has 0 unspecified atom stereocenters. The van der Waals surface area contributed by atoms with Crippen molar-refractivity contribution in [2.45, 2.75) is 32.7 Å². The number of hydrogen-bond donors (Lipinski definition) is 2. The molecule has 0 bridgehead atoms. The zero-order valence-corrected chi connectivity index (χ0v) is 14.8. The van der Waals surface area contributed by atoms with E-state index in [0.717, 1.165) is 17.2 Å². The van der Waals surface area contributed by atoms with Crippen LogP contribution in [0.5, 0.6) is 0 Å². The number of carbonyl (C=O) groups is 1. The van der Waals surface area contributed by atoms with E-state index in [1.54, 1.807) is 18.6 Å². The maximum absolute atomic E-state index is 12.0. The van der Waals surface area contributed by atoms with Gasteiger partial charge in [-0.15, -0.1) is 0 Å². The normalized spacial score (nSPS) is 11.0. The molecule has 2 N–H and O–H groups in total. The number of rotatable bonds is 4. The fourth-order valence-corrected chi connectivity index (χ4v) is 2.10. The molecule has 0 fully saturated rings. The summed E-state index contributed by atoms with van der Waals surface area (Å²) in [7, 11) is 3.83. The number of pyridine rings is 1. The van der Waals surface area contributed by atoms with Crippen molar-refractivity contribution in [2.24, 2.45) is 0 Å². The van der Waals surface area contributed by atoms with Crippen molar-refractivity contribution in [3.63, 3.8) is 0 Å². The Morgan fingerprint density at radius 1 is 1.17 bits per heavy atom. The molecule has 24 heavy (non-hydrogen) atoms. The Morgan fingerprint density at radius 2 is 1.83 bits per heavy atom. The zero-order chi connectivity index (χ0) is 17.7. The number of urea groups is 1. The monoisotopic (exact) mass is 328 g/mol. The van der Waals surface area contributed by atoms with Crippen molar-refractivity contribution in [3.8, 4) is 0 Å². The van der Waals surface area contributed by atoms with Gasteiger partial charge in [0, 0.05) is 37.8 Å². The third kappa shape index (κ3) is 4.65. The second-order valence-corrected chi connectivity index (χ2v) is 6.73. The standard InChI is InChI=1S/C17H24N6O/c1-17(2,3)15-19-10-13(11-20-15)22-16(24)21-9-12-7-6-8-18-14(12)23(4)5/h6-8,10-11H,9H2,1-5H3,(H2,21,22,24). The molecule has 0 aliphatic carbocycles. The second kappa shape index (κ2) is 7.25. The van der Waals surface area contributed by atoms with Crippen LogP contribution in [0.25, 0.3) is 0 Å². The van der Waals surface area contributed by atoms with E-state index < -0.39 is 0 Å². The Balaban J connectivity index is 1.95. The fraction of sp³-hybridized carbons (Fsp3) is 0.412. The molecule has 2 amide bonds. The zero-order valence-electron chi connectivity index (χ0n) is 14.8. The molecule has 2 heterocycles. The molecule has 0 spiro atoms. The van der Waals surface area contributed by atoms with Crippen molar-refractivity contribution in [3.05, 3.63) is 42.1 Å². The minimum Gasteiger partial charge on any atom is -0.362 e. The number of nitrogens with zero attached hydrogens (tertiary/aromatic N) is 4. The summed E-state index contributed by atoms with van der Waals surface area (Å²) in [4.78, 5) is 26.8. The van der Waals surface area contributed by atoms with Crippen LogP contribution in [0.2, 0.25) is 0 Å². The third-order valence-corrected chi connectivity index (χ3v) is 3.31. The smallest absolute Gasteiger partial charge is 0.319 e. The van der Waals surface area contributed by atoms with Gasteiger partial charge in [-0.25, -0.2) is 19.7 Å². The van der Waals surface area contributed by atoms with Crippen LogP contribution < -0.4 is 15.5 Å². The Hall–Kier alpha value is -2.70. The van der Waals surface area contributed by atoms with Crippen molar-refractivity contribution in [1.82, 2.24) is 20.3 Å². The third-order valence-electron chi connectivity index (χ3n) is 3.31. The van der Waals surface area contributed by atoms with Crippen molar-refractivity contribution < 1.29 is 4.79 Å². The summed E-state index contributed by atoms with van der Waals surface area (Å²) in [5.41, 5.74) is 1.38. The Kier molecular flexibility index (Phi) is 5.33. The second-order valence-electron chi connectivity index (χ2n) is 6.73. The molecule has 0 aromatic carbocycles. The molecule has 2 aromatic rings. The van der Waals surface area contributed by atoms with Crippen LogP contribution in [-0.2, 0) is 12.0 Å². The van der Waals surface area contributed by atoms with Gasteiger partial charge in [-0.3, -0.25) is 0 Å². The molecule has 0 radical (unpaired) electrons. The number of amides is 2. The molecular weight excluding hydrogens is 304 g/mol. The first kappa shape index (κ1) is 17.7. The van der Waals surface area contributed by atoms with Gasteiger partial charge in [0.15, 0.2) is 0 Å². The van der Waals surface area contributed by atoms with E-state index in [1.165, 1.54) is 0 Å². The molecule has 7 nitrogen and oxygen atoms in total. The first-order valence-corrected chi connectivity index (χ1v) is 7.76. The lowest BCUT2D eigenvalue weighted by molar-refractivity contribution is 0.251. The van der Waals surface area contributed by atoms with Crippen LogP contribution in [0.3, 0.4) is 0 Å². The quantitative estimate of drug-likeness (QED) is 0.901. The summed E-state index contributed by atoms with van der Waals surface area (Å²) in [5, 5.41) is 5.55. The van der Waals surface area contributed by atoms with Crippen molar-refractivity contribution >= 4 is 17.5 Å². The van der Waals surface area contributed by atoms with Crippen LogP contribution in [0.4, 0.5) is 16.3 Å². The molecular formula is C17H24N6O. The maximum atomic E-state index is 12.0. The Bertz CT molecular complexity index is 691. The van der Waals surface area contributed by atoms with Crippen LogP contribution in [-0.4, -0.2) is 35.1 Å². The Morgan fingerprint density at radius 3 is 2.42 bits per heavy atom. The summed E-state index contributed by atoms with van der Waals surface area (Å²) >= 11 is 0. The lowest BCUT2D eigenvalue weighted by Crippen LogP contribution is -2.29. The van der Waals surface area contributed by atoms with Crippen LogP contribution in [0, 0.1) is 0 Å². The van der Waals surface area contributed by atoms with Gasteiger partial charge in [-0.05, 0) is 6.07 Å². The number of aromatic nitrogens is 3. The van der Waals surface area contributed by atoms with Gasteiger partial charge >= 0.3 is 6.03 Å². The lowest BCUT2D eigenvalue weighted by atomic mass is 9.96. The SMILES string of the molecule is CN(C)c1ncccc1CNC(=O)Nc1cnc(C(C)(C)C)nc1. The molecule has 0 saturated carbocycles. The predicted molar refractivity (Wildman–Crippen MR) is 95.2 cm³/mol. The Labute approximate surface area is 142 Å². The first-order chi connectivity index (χ1) is 11.3. The van der Waals surface area contributed by atoms with Gasteiger partial charge in [0.1, 0.15) is 11.6 Å². The molecule has 0 atom stereocenters. The summed E-state index contributed by atoms with van der Waals surface area (Å²) in [6.07, 6.45) is 4.96. The number of nitrogens with one attached hydrogen (secondary N) is 2. The molecule has 128 valence electrons. The highest BCUT2D eigenvalue weighted by molar-refractivity contribution is 5.88. The maximum Gasteiger partial charge on any atom is 0.319 e. The van der Waals surface area contributed by atoms with Gasteiger partial charge < -0.3 is 15.5 Å². The number of anilines is 2. The predicted octanol–water partition coefficient (Wildman–Crippen LogP) is 2.56. The minimum atomic E-state index is -0.310. The van der Waals surface area contributed by atoms with E-state index in [9.17, 15) is 4.79 Å². The summed E-state index contributed by atoms with van der Waals surface area (Å²) in [6, 6.07) is 3.47. The molecule has 0 aliphatic heterocycles. The molecule has 2 rings (SSSR count). The van der Waals surface area contributed by atoms with Gasteiger partial charge in [-0.2, -0.15) is 0 Å². The average molecular weight is 328 g/mol. The first-order valence-electron chi connectivity index (χ1n) is 7.76. The van der Waals surface area contributed by atoms with Crippen LogP contribution in [0.15, 0.2) is 30.7 Å². The van der Waals surface area contributed by atoms with Gasteiger partial charge in [0.2, 0.25) is 0 Å². The fourth-order valence-electron chi connectivity index (χ4n) is 2.10. The van der Waals surface area contributed by atoms with Crippen molar-refractivity contribution in [1.29, 1.82) is 0 Å². The molecule has 0 saturated heterocycles. The topological polar surface area (TPSA) is 83.0 Å². The summed E-state index contributed by atoms with van der Waals surface area (Å²) in [5.74, 6) is 1.56. The van der Waals surface area contributed by atoms with Gasteiger partial charge in [0.25, 0.3) is 0 Å². The average Bonchev–Trinajstić information content (AvgIpc) is 2.53. The highest BCUT2D eigenvalue weighted by Crippen LogP contribution is 2.18. The highest BCUT2D eigenvalue weighted by atomic mass is 16.2. The minimum absolute atomic E-state index is 0.121. The van der Waals surface area contributed by atoms with E-state index in [4.69, 9.17) is 0 Å². The van der Waals surface area contributed by atoms with Crippen molar-refractivity contribution in [2.75, 3.05) is 24.3 Å². The molecule has 0 aliphatic rings. The van der Waals surface area contributed by atoms with E-state index >= 15 is 0 Å². The summed E-state index contributed by atoms with van der Waals surface area (Å²) in [6.45, 7) is 6.50. The highest BCUT2D eigenvalue weighted by Gasteiger charge is 2.16. The van der Waals surface area contributed by atoms with Gasteiger partial charge in [0.05, 0.1) is 18.1 Å². The van der Waals surface area contributed by atoms with Gasteiger partial charge in [-0.1, -0.05) is 26.8 Å². The van der Waals surface area contributed by atoms with E-state index in [0.29, 0.717) is 12.2 Å². The lowest BCUT2D eigenvalue weighted by Gasteiger charge is -2.17. The summed E-state index contributed by atoms with van der Waals surface area (Å²) < 4.78 is 0. The largest absolute Gasteiger partial charge is 0.362 e. The molecule has 7 heteroatoms. The number of hydrogen-bond acceptors (Lipinski definition) is 5. The van der Waals surface area contributed by atoms with E-state index in [1.807, 2.05) is 51.9 Å². The number of carbonyl (C=O) groups excluding carboxylic acids is 1. The van der Waals surface area contributed by atoms with Crippen LogP contribution >= 0.6 is 0 Å². The molecule has 2 aromatic heterocycles. The van der Waals surface area contributed by atoms with Crippen LogP contribution in [0.1, 0.15) is 32.2 Å². The van der Waals surface area contributed by atoms with E-state index in [2.05, 4.69) is 25.6 Å². The van der Waals surface area contributed by atoms with E-state index in [-0.39, 0.29) is 11.4 Å².